The van der Waals surface area contributed by atoms with E-state index in [2.05, 4.69) is 36.5 Å². The van der Waals surface area contributed by atoms with E-state index in [-0.39, 0.29) is 17.4 Å². The minimum atomic E-state index is -4.60. The van der Waals surface area contributed by atoms with Crippen molar-refractivity contribution in [2.75, 3.05) is 10.6 Å². The fourth-order valence-electron chi connectivity index (χ4n) is 2.52. The van der Waals surface area contributed by atoms with Gasteiger partial charge in [0.05, 0.1) is 5.69 Å². The Morgan fingerprint density at radius 3 is 2.20 bits per heavy atom. The third-order valence-corrected chi connectivity index (χ3v) is 4.45. The van der Waals surface area contributed by atoms with E-state index >= 15 is 0 Å². The maximum Gasteiger partial charge on any atom is 0.421 e. The number of ether oxygens (including phenoxy) is 1. The normalized spacial score (nSPS) is 11.8. The van der Waals surface area contributed by atoms with Crippen LogP contribution in [0.1, 0.15) is 26.3 Å². The predicted molar refractivity (Wildman–Crippen MR) is 115 cm³/mol. The van der Waals surface area contributed by atoms with Crippen molar-refractivity contribution in [2.45, 2.75) is 32.5 Å². The number of nitrogens with zero attached hydrogens (tertiary/aromatic N) is 2. The topological polar surface area (TPSA) is 59.1 Å². The van der Waals surface area contributed by atoms with Crippen LogP contribution in [-0.2, 0) is 6.18 Å². The highest BCUT2D eigenvalue weighted by molar-refractivity contribution is 9.10. The van der Waals surface area contributed by atoms with E-state index in [1.807, 2.05) is 20.8 Å². The van der Waals surface area contributed by atoms with Gasteiger partial charge in [-0.25, -0.2) is 4.98 Å². The number of halogens is 4. The average molecular weight is 481 g/mol. The van der Waals surface area contributed by atoms with E-state index < -0.39 is 11.7 Å². The maximum absolute atomic E-state index is 13.4. The van der Waals surface area contributed by atoms with Gasteiger partial charge in [0.2, 0.25) is 5.95 Å². The number of benzene rings is 2. The van der Waals surface area contributed by atoms with Gasteiger partial charge in [0.1, 0.15) is 22.7 Å². The van der Waals surface area contributed by atoms with Crippen molar-refractivity contribution in [1.29, 1.82) is 0 Å². The van der Waals surface area contributed by atoms with E-state index in [0.717, 1.165) is 6.20 Å². The zero-order chi connectivity index (χ0) is 21.9. The summed E-state index contributed by atoms with van der Waals surface area (Å²) in [5, 5.41) is 5.65. The van der Waals surface area contributed by atoms with Crippen LogP contribution < -0.4 is 15.4 Å². The third kappa shape index (κ3) is 5.85. The van der Waals surface area contributed by atoms with Crippen LogP contribution in [0, 0.1) is 0 Å². The van der Waals surface area contributed by atoms with Crippen molar-refractivity contribution in [2.24, 2.45) is 0 Å². The zero-order valence-electron chi connectivity index (χ0n) is 16.5. The monoisotopic (exact) mass is 480 g/mol. The Morgan fingerprint density at radius 1 is 0.933 bits per heavy atom. The second-order valence-corrected chi connectivity index (χ2v) is 8.28. The minimum Gasteiger partial charge on any atom is -0.488 e. The molecule has 0 bridgehead atoms. The van der Waals surface area contributed by atoms with Crippen LogP contribution in [0.2, 0.25) is 0 Å². The van der Waals surface area contributed by atoms with Gasteiger partial charge in [-0.3, -0.25) is 0 Å². The molecule has 0 fully saturated rings. The van der Waals surface area contributed by atoms with Gasteiger partial charge in [0.25, 0.3) is 0 Å². The van der Waals surface area contributed by atoms with E-state index in [4.69, 9.17) is 4.74 Å². The van der Waals surface area contributed by atoms with Gasteiger partial charge in [-0.2, -0.15) is 18.2 Å². The number of rotatable bonds is 5. The Balaban J connectivity index is 1.86. The molecule has 9 heteroatoms. The van der Waals surface area contributed by atoms with E-state index in [1.165, 1.54) is 0 Å². The van der Waals surface area contributed by atoms with Crippen molar-refractivity contribution in [3.63, 3.8) is 0 Å². The molecule has 3 aromatic rings. The minimum absolute atomic E-state index is 0.0297. The van der Waals surface area contributed by atoms with Gasteiger partial charge < -0.3 is 15.4 Å². The molecule has 2 aromatic carbocycles. The van der Waals surface area contributed by atoms with Gasteiger partial charge in [-0.15, -0.1) is 0 Å². The van der Waals surface area contributed by atoms with Crippen LogP contribution in [0.3, 0.4) is 0 Å². The molecule has 0 saturated carbocycles. The van der Waals surface area contributed by atoms with Gasteiger partial charge in [0, 0.05) is 16.4 Å². The summed E-state index contributed by atoms with van der Waals surface area (Å²) in [6, 6.07) is 13.8. The first-order chi connectivity index (χ1) is 14.0. The molecule has 0 amide bonds. The molecule has 0 aliphatic rings. The highest BCUT2D eigenvalue weighted by Crippen LogP contribution is 2.36. The first-order valence-electron chi connectivity index (χ1n) is 9.03. The third-order valence-electron chi connectivity index (χ3n) is 3.76. The van der Waals surface area contributed by atoms with E-state index in [1.54, 1.807) is 48.5 Å². The number of nitrogens with one attached hydrogen (secondary N) is 2. The fourth-order valence-corrected chi connectivity index (χ4v) is 2.91. The molecule has 0 atom stereocenters. The molecule has 1 heterocycles. The Hall–Kier alpha value is -2.81. The zero-order valence-corrected chi connectivity index (χ0v) is 18.1. The second kappa shape index (κ2) is 8.51. The highest BCUT2D eigenvalue weighted by Gasteiger charge is 2.35. The van der Waals surface area contributed by atoms with Gasteiger partial charge in [-0.05, 0) is 73.1 Å². The standard InChI is InChI=1S/C21H20BrF3N4O/c1-20(2,3)30-14-10-8-13(9-11-14)27-19-26-12-15(21(23,24)25)18(29-19)28-17-7-5-4-6-16(17)22/h4-12H,1-3H3,(H2,26,27,28,29). The molecular formula is C21H20BrF3N4O. The first-order valence-corrected chi connectivity index (χ1v) is 9.82. The molecule has 5 nitrogen and oxygen atoms in total. The van der Waals surface area contributed by atoms with Gasteiger partial charge in [0.15, 0.2) is 0 Å². The van der Waals surface area contributed by atoms with Crippen LogP contribution >= 0.6 is 15.9 Å². The summed E-state index contributed by atoms with van der Waals surface area (Å²) < 4.78 is 46.6. The number of alkyl halides is 3. The van der Waals surface area contributed by atoms with E-state index in [0.29, 0.717) is 21.6 Å². The van der Waals surface area contributed by atoms with Gasteiger partial charge >= 0.3 is 6.18 Å². The summed E-state index contributed by atoms with van der Waals surface area (Å²) >= 11 is 3.31. The predicted octanol–water partition coefficient (Wildman–Crippen LogP) is 6.92. The van der Waals surface area contributed by atoms with Crippen molar-refractivity contribution < 1.29 is 17.9 Å². The van der Waals surface area contributed by atoms with E-state index in [9.17, 15) is 13.2 Å². The SMILES string of the molecule is CC(C)(C)Oc1ccc(Nc2ncc(C(F)(F)F)c(Nc3ccccc3Br)n2)cc1. The smallest absolute Gasteiger partial charge is 0.421 e. The quantitative estimate of drug-likeness (QED) is 0.414. The fraction of sp³-hybridized carbons (Fsp3) is 0.238. The lowest BCUT2D eigenvalue weighted by atomic mass is 10.2. The molecule has 2 N–H and O–H groups in total. The lowest BCUT2D eigenvalue weighted by molar-refractivity contribution is -0.137. The average Bonchev–Trinajstić information content (AvgIpc) is 2.63. The summed E-state index contributed by atoms with van der Waals surface area (Å²) in [5.41, 5.74) is -0.227. The van der Waals surface area contributed by atoms with Crippen molar-refractivity contribution in [3.05, 3.63) is 64.8 Å². The largest absolute Gasteiger partial charge is 0.488 e. The highest BCUT2D eigenvalue weighted by atomic mass is 79.9. The molecule has 3 rings (SSSR count). The number of hydrogen-bond donors (Lipinski definition) is 2. The summed E-state index contributed by atoms with van der Waals surface area (Å²) in [7, 11) is 0. The number of anilines is 4. The lowest BCUT2D eigenvalue weighted by Gasteiger charge is -2.21. The van der Waals surface area contributed by atoms with Gasteiger partial charge in [-0.1, -0.05) is 12.1 Å². The molecule has 0 radical (unpaired) electrons. The summed E-state index contributed by atoms with van der Waals surface area (Å²) in [4.78, 5) is 7.87. The number of hydrogen-bond acceptors (Lipinski definition) is 5. The molecule has 30 heavy (non-hydrogen) atoms. The van der Waals surface area contributed by atoms with Crippen LogP contribution in [0.4, 0.5) is 36.3 Å². The van der Waals surface area contributed by atoms with Crippen LogP contribution in [0.25, 0.3) is 0 Å². The number of aromatic nitrogens is 2. The van der Waals surface area contributed by atoms with Crippen molar-refractivity contribution in [1.82, 2.24) is 9.97 Å². The molecule has 158 valence electrons. The molecular weight excluding hydrogens is 461 g/mol. The van der Waals surface area contributed by atoms with Crippen molar-refractivity contribution in [3.8, 4) is 5.75 Å². The number of para-hydroxylation sites is 1. The first kappa shape index (κ1) is 21.9. The molecule has 0 aliphatic heterocycles. The molecule has 0 unspecified atom stereocenters. The molecule has 0 spiro atoms. The van der Waals surface area contributed by atoms with Crippen LogP contribution in [0.5, 0.6) is 5.75 Å². The summed E-state index contributed by atoms with van der Waals surface area (Å²) in [6.07, 6.45) is -3.85. The maximum atomic E-state index is 13.4. The Labute approximate surface area is 180 Å². The van der Waals surface area contributed by atoms with Crippen LogP contribution in [0.15, 0.2) is 59.2 Å². The summed E-state index contributed by atoms with van der Waals surface area (Å²) in [6.45, 7) is 5.82. The molecule has 0 saturated heterocycles. The molecule has 0 aliphatic carbocycles. The Kier molecular flexibility index (Phi) is 6.21. The van der Waals surface area contributed by atoms with Crippen molar-refractivity contribution >= 4 is 39.1 Å². The second-order valence-electron chi connectivity index (χ2n) is 7.42. The lowest BCUT2D eigenvalue weighted by Crippen LogP contribution is -2.22. The molecule has 1 aromatic heterocycles. The Morgan fingerprint density at radius 2 is 1.60 bits per heavy atom. The Bertz CT molecular complexity index is 1020. The van der Waals surface area contributed by atoms with Crippen LogP contribution in [-0.4, -0.2) is 15.6 Å². The summed E-state index contributed by atoms with van der Waals surface area (Å²) in [5.74, 6) is 0.360.